The number of nitrogens with zero attached hydrogens (tertiary/aromatic N) is 6. The second-order valence-electron chi connectivity index (χ2n) is 10.5. The number of ether oxygens (including phenoxy) is 1. The van der Waals surface area contributed by atoms with Crippen molar-refractivity contribution in [1.29, 1.82) is 5.26 Å². The summed E-state index contributed by atoms with van der Waals surface area (Å²) in [7, 11) is 0. The Kier molecular flexibility index (Phi) is 9.60. The molecular weight excluding hydrogens is 614 g/mol. The van der Waals surface area contributed by atoms with Gasteiger partial charge in [0, 0.05) is 17.2 Å². The number of aryl methyl sites for hydroxylation is 1. The number of aliphatic hydroxyl groups is 1. The Hall–Kier alpha value is -5.32. The van der Waals surface area contributed by atoms with Crippen LogP contribution in [0, 0.1) is 29.9 Å². The molecule has 1 amide bonds. The number of halogens is 2. The normalized spacial score (nSPS) is 13.0. The van der Waals surface area contributed by atoms with Crippen molar-refractivity contribution in [2.24, 2.45) is 0 Å². The fourth-order valence-electron chi connectivity index (χ4n) is 4.95. The molecule has 5 rings (SSSR count). The Labute approximate surface area is 267 Å². The summed E-state index contributed by atoms with van der Waals surface area (Å²) in [5.41, 5.74) is -0.326. The molecule has 10 nitrogen and oxygen atoms in total. The number of carbonyl (C=O) groups excluding carboxylic acids is 2. The van der Waals surface area contributed by atoms with Gasteiger partial charge >= 0.3 is 5.97 Å². The molecule has 0 unspecified atom stereocenters. The maximum Gasteiger partial charge on any atom is 0.326 e. The molecule has 0 aliphatic heterocycles. The van der Waals surface area contributed by atoms with Crippen LogP contribution in [0.25, 0.3) is 10.6 Å². The zero-order valence-electron chi connectivity index (χ0n) is 24.8. The van der Waals surface area contributed by atoms with E-state index in [2.05, 4.69) is 21.1 Å². The van der Waals surface area contributed by atoms with Gasteiger partial charge in [0.1, 0.15) is 52.9 Å². The third kappa shape index (κ3) is 6.98. The lowest BCUT2D eigenvalue weighted by atomic mass is 9.85. The van der Waals surface area contributed by atoms with Crippen LogP contribution in [0.15, 0.2) is 85.5 Å². The van der Waals surface area contributed by atoms with E-state index in [1.165, 1.54) is 24.3 Å². The van der Waals surface area contributed by atoms with E-state index in [9.17, 15) is 19.1 Å². The molecule has 0 spiro atoms. The first kappa shape index (κ1) is 32.1. The monoisotopic (exact) mass is 642 g/mol. The highest BCUT2D eigenvalue weighted by molar-refractivity contribution is 7.17. The van der Waals surface area contributed by atoms with Crippen LogP contribution in [0.3, 0.4) is 0 Å². The number of amides is 1. The first-order chi connectivity index (χ1) is 22.1. The minimum Gasteiger partial charge on any atom is -0.459 e. The SMILES string of the molecule is Cc1nc(-c2ccc(C#N)cc2)sc1C(=O)N(CC(=O)OCc1ccccc1)[C@H](C)[C@](O)(Cn1cncn1)c1ccc(F)cc1F. The maximum atomic E-state index is 15.3. The quantitative estimate of drug-likeness (QED) is 0.199. The molecule has 2 aromatic heterocycles. The Morgan fingerprint density at radius 2 is 1.87 bits per heavy atom. The third-order valence-electron chi connectivity index (χ3n) is 7.48. The second kappa shape index (κ2) is 13.8. The van der Waals surface area contributed by atoms with Gasteiger partial charge in [0.2, 0.25) is 0 Å². The highest BCUT2D eigenvalue weighted by Crippen LogP contribution is 2.35. The number of benzene rings is 3. The lowest BCUT2D eigenvalue weighted by Crippen LogP contribution is -2.55. The van der Waals surface area contributed by atoms with Gasteiger partial charge in [-0.2, -0.15) is 10.4 Å². The smallest absolute Gasteiger partial charge is 0.326 e. The topological polar surface area (TPSA) is 134 Å². The lowest BCUT2D eigenvalue weighted by molar-refractivity contribution is -0.147. The van der Waals surface area contributed by atoms with E-state index in [0.29, 0.717) is 27.9 Å². The van der Waals surface area contributed by atoms with Crippen LogP contribution in [0.1, 0.15) is 39.0 Å². The number of hydrogen-bond acceptors (Lipinski definition) is 9. The minimum absolute atomic E-state index is 0.0612. The maximum absolute atomic E-state index is 15.3. The number of aromatic nitrogens is 4. The average molecular weight is 643 g/mol. The highest BCUT2D eigenvalue weighted by Gasteiger charge is 2.45. The van der Waals surface area contributed by atoms with E-state index >= 15 is 4.39 Å². The molecule has 0 aliphatic rings. The van der Waals surface area contributed by atoms with Gasteiger partial charge < -0.3 is 14.7 Å². The molecular formula is C33H28F2N6O4S. The van der Waals surface area contributed by atoms with Gasteiger partial charge in [-0.15, -0.1) is 11.3 Å². The Morgan fingerprint density at radius 1 is 1.13 bits per heavy atom. The summed E-state index contributed by atoms with van der Waals surface area (Å²) in [5, 5.41) is 25.9. The van der Waals surface area contributed by atoms with Crippen molar-refractivity contribution in [3.63, 3.8) is 0 Å². The summed E-state index contributed by atoms with van der Waals surface area (Å²) in [6.07, 6.45) is 2.53. The first-order valence-corrected chi connectivity index (χ1v) is 14.9. The van der Waals surface area contributed by atoms with E-state index in [1.807, 2.05) is 6.07 Å². The molecule has 234 valence electrons. The van der Waals surface area contributed by atoms with Crippen LogP contribution in [0.5, 0.6) is 0 Å². The van der Waals surface area contributed by atoms with E-state index < -0.39 is 48.2 Å². The molecule has 0 saturated carbocycles. The molecule has 0 radical (unpaired) electrons. The van der Waals surface area contributed by atoms with Gasteiger partial charge in [0.05, 0.1) is 29.9 Å². The molecule has 2 atom stereocenters. The molecule has 0 saturated heterocycles. The summed E-state index contributed by atoms with van der Waals surface area (Å²) < 4.78 is 36.0. The van der Waals surface area contributed by atoms with Crippen molar-refractivity contribution < 1.29 is 28.2 Å². The fraction of sp³-hybridized carbons (Fsp3) is 0.212. The summed E-state index contributed by atoms with van der Waals surface area (Å²) in [5.74, 6) is -3.35. The van der Waals surface area contributed by atoms with Crippen molar-refractivity contribution >= 4 is 23.2 Å². The zero-order chi connectivity index (χ0) is 32.8. The lowest BCUT2D eigenvalue weighted by Gasteiger charge is -2.40. The van der Waals surface area contributed by atoms with Crippen LogP contribution in [0.4, 0.5) is 8.78 Å². The largest absolute Gasteiger partial charge is 0.459 e. The molecule has 2 heterocycles. The van der Waals surface area contributed by atoms with Gasteiger partial charge in [-0.25, -0.2) is 23.4 Å². The number of thiazole rings is 1. The fourth-order valence-corrected chi connectivity index (χ4v) is 5.97. The molecule has 13 heteroatoms. The van der Waals surface area contributed by atoms with Gasteiger partial charge in [-0.3, -0.25) is 9.59 Å². The number of carbonyl (C=O) groups is 2. The van der Waals surface area contributed by atoms with Crippen molar-refractivity contribution in [3.05, 3.63) is 124 Å². The average Bonchev–Trinajstić information content (AvgIpc) is 3.71. The molecule has 5 aromatic rings. The molecule has 0 fully saturated rings. The van der Waals surface area contributed by atoms with E-state index in [4.69, 9.17) is 10.00 Å². The molecule has 0 aliphatic carbocycles. The summed E-state index contributed by atoms with van der Waals surface area (Å²) >= 11 is 1.06. The highest BCUT2D eigenvalue weighted by atomic mass is 32.1. The Morgan fingerprint density at radius 3 is 2.52 bits per heavy atom. The van der Waals surface area contributed by atoms with Gasteiger partial charge in [-0.1, -0.05) is 48.5 Å². The standard InChI is InChI=1S/C33H28F2N6O4S/c1-21-30(46-31(39-21)25-10-8-23(15-36)9-11-25)32(43)41(16-29(42)45-17-24-6-4-3-5-7-24)22(2)33(44,18-40-20-37-19-38-40)27-13-12-26(34)14-28(27)35/h3-14,19-20,22,44H,16-18H2,1-2H3/t22-,33-/m1/s1. The molecule has 1 N–H and O–H groups in total. The van der Waals surface area contributed by atoms with E-state index in [1.54, 1.807) is 55.5 Å². The van der Waals surface area contributed by atoms with Crippen molar-refractivity contribution in [2.75, 3.05) is 6.54 Å². The number of hydrogen-bond donors (Lipinski definition) is 1. The Bertz CT molecular complexity index is 1880. The third-order valence-corrected chi connectivity index (χ3v) is 8.68. The predicted molar refractivity (Wildman–Crippen MR) is 164 cm³/mol. The number of esters is 1. The summed E-state index contributed by atoms with van der Waals surface area (Å²) in [6, 6.07) is 19.1. The molecule has 0 bridgehead atoms. The van der Waals surface area contributed by atoms with Crippen LogP contribution in [-0.4, -0.2) is 54.2 Å². The van der Waals surface area contributed by atoms with Crippen LogP contribution >= 0.6 is 11.3 Å². The minimum atomic E-state index is -2.23. The van der Waals surface area contributed by atoms with Crippen LogP contribution in [0.2, 0.25) is 0 Å². The summed E-state index contributed by atoms with van der Waals surface area (Å²) in [6.45, 7) is 2.03. The van der Waals surface area contributed by atoms with E-state index in [-0.39, 0.29) is 17.0 Å². The van der Waals surface area contributed by atoms with Crippen molar-refractivity contribution in [2.45, 2.75) is 38.6 Å². The zero-order valence-corrected chi connectivity index (χ0v) is 25.6. The van der Waals surface area contributed by atoms with Gasteiger partial charge in [-0.05, 0) is 37.6 Å². The number of nitriles is 1. The molecule has 46 heavy (non-hydrogen) atoms. The van der Waals surface area contributed by atoms with E-state index in [0.717, 1.165) is 33.9 Å². The van der Waals surface area contributed by atoms with Gasteiger partial charge in [0.15, 0.2) is 0 Å². The van der Waals surface area contributed by atoms with Gasteiger partial charge in [0.25, 0.3) is 5.91 Å². The second-order valence-corrected chi connectivity index (χ2v) is 11.5. The van der Waals surface area contributed by atoms with Crippen molar-refractivity contribution in [3.8, 4) is 16.6 Å². The predicted octanol–water partition coefficient (Wildman–Crippen LogP) is 5.02. The Balaban J connectivity index is 1.54. The number of rotatable bonds is 11. The van der Waals surface area contributed by atoms with Crippen molar-refractivity contribution in [1.82, 2.24) is 24.6 Å². The summed E-state index contributed by atoms with van der Waals surface area (Å²) in [4.78, 5) is 37.3. The van der Waals surface area contributed by atoms with Crippen LogP contribution in [-0.2, 0) is 28.3 Å². The first-order valence-electron chi connectivity index (χ1n) is 14.1. The molecule has 3 aromatic carbocycles. The van der Waals surface area contributed by atoms with Crippen LogP contribution < -0.4 is 0 Å².